The first kappa shape index (κ1) is 10.3. The van der Waals surface area contributed by atoms with Gasteiger partial charge in [-0.05, 0) is 37.7 Å². The van der Waals surface area contributed by atoms with Gasteiger partial charge >= 0.3 is 0 Å². The smallest absolute Gasteiger partial charge is 0.241 e. The molecule has 74 valence electrons. The third-order valence-electron chi connectivity index (χ3n) is 2.29. The summed E-state index contributed by atoms with van der Waals surface area (Å²) in [6.45, 7) is 1.83. The van der Waals surface area contributed by atoms with Gasteiger partial charge in [-0.2, -0.15) is 0 Å². The highest BCUT2D eigenvalue weighted by Gasteiger charge is 2.13. The standard InChI is InChI=1S/C10H17NO2/c11-10(12)5-3-1-2-4-9-6-7-13-8-9/h3,5,9H,1-2,4,6-8H2,(H2,11,12). The Bertz CT molecular complexity index is 183. The summed E-state index contributed by atoms with van der Waals surface area (Å²) < 4.78 is 5.26. The predicted octanol–water partition coefficient (Wildman–Crippen LogP) is 1.23. The maximum Gasteiger partial charge on any atom is 0.241 e. The number of carbonyl (C=O) groups is 1. The van der Waals surface area contributed by atoms with E-state index in [0.717, 1.165) is 32.0 Å². The highest BCUT2D eigenvalue weighted by atomic mass is 16.5. The van der Waals surface area contributed by atoms with Gasteiger partial charge in [0, 0.05) is 13.2 Å². The fourth-order valence-corrected chi connectivity index (χ4v) is 1.53. The van der Waals surface area contributed by atoms with E-state index < -0.39 is 0 Å². The van der Waals surface area contributed by atoms with E-state index in [1.807, 2.05) is 6.08 Å². The number of hydrogen-bond donors (Lipinski definition) is 1. The summed E-state index contributed by atoms with van der Waals surface area (Å²) in [7, 11) is 0. The summed E-state index contributed by atoms with van der Waals surface area (Å²) >= 11 is 0. The van der Waals surface area contributed by atoms with Crippen LogP contribution in [-0.2, 0) is 9.53 Å². The lowest BCUT2D eigenvalue weighted by atomic mass is 10.0. The van der Waals surface area contributed by atoms with Crippen molar-refractivity contribution < 1.29 is 9.53 Å². The second-order valence-electron chi connectivity index (χ2n) is 3.47. The Labute approximate surface area is 78.9 Å². The van der Waals surface area contributed by atoms with E-state index in [2.05, 4.69) is 0 Å². The Hall–Kier alpha value is -0.830. The Morgan fingerprint density at radius 3 is 3.08 bits per heavy atom. The molecule has 1 rings (SSSR count). The molecule has 1 aliphatic heterocycles. The number of primary amides is 1. The Morgan fingerprint density at radius 1 is 1.62 bits per heavy atom. The molecule has 0 aromatic carbocycles. The van der Waals surface area contributed by atoms with Crippen molar-refractivity contribution in [2.24, 2.45) is 11.7 Å². The minimum absolute atomic E-state index is 0.357. The average Bonchev–Trinajstić information content (AvgIpc) is 2.55. The molecule has 1 saturated heterocycles. The van der Waals surface area contributed by atoms with Crippen LogP contribution in [-0.4, -0.2) is 19.1 Å². The third kappa shape index (κ3) is 4.68. The van der Waals surface area contributed by atoms with Gasteiger partial charge in [-0.25, -0.2) is 0 Å². The van der Waals surface area contributed by atoms with Crippen molar-refractivity contribution in [3.05, 3.63) is 12.2 Å². The van der Waals surface area contributed by atoms with Gasteiger partial charge in [-0.15, -0.1) is 0 Å². The van der Waals surface area contributed by atoms with E-state index >= 15 is 0 Å². The van der Waals surface area contributed by atoms with Crippen molar-refractivity contribution in [1.82, 2.24) is 0 Å². The maximum absolute atomic E-state index is 10.3. The molecule has 1 atom stereocenters. The number of unbranched alkanes of at least 4 members (excludes halogenated alkanes) is 1. The van der Waals surface area contributed by atoms with Gasteiger partial charge < -0.3 is 10.5 Å². The van der Waals surface area contributed by atoms with Crippen LogP contribution in [0, 0.1) is 5.92 Å². The molecule has 1 fully saturated rings. The molecular weight excluding hydrogens is 166 g/mol. The zero-order valence-electron chi connectivity index (χ0n) is 7.87. The zero-order chi connectivity index (χ0) is 9.52. The first-order valence-electron chi connectivity index (χ1n) is 4.83. The molecule has 1 amide bonds. The summed E-state index contributed by atoms with van der Waals surface area (Å²) in [5, 5.41) is 0. The van der Waals surface area contributed by atoms with E-state index in [9.17, 15) is 4.79 Å². The quantitative estimate of drug-likeness (QED) is 0.515. The molecule has 3 heteroatoms. The van der Waals surface area contributed by atoms with Gasteiger partial charge in [0.1, 0.15) is 0 Å². The van der Waals surface area contributed by atoms with Crippen LogP contribution in [0.4, 0.5) is 0 Å². The van der Waals surface area contributed by atoms with Gasteiger partial charge in [-0.3, -0.25) is 4.79 Å². The van der Waals surface area contributed by atoms with Crippen LogP contribution < -0.4 is 5.73 Å². The van der Waals surface area contributed by atoms with E-state index in [1.54, 1.807) is 0 Å². The Kier molecular flexibility index (Phi) is 4.54. The van der Waals surface area contributed by atoms with Crippen LogP contribution in [0.25, 0.3) is 0 Å². The average molecular weight is 183 g/mol. The molecule has 1 heterocycles. The molecule has 1 unspecified atom stereocenters. The van der Waals surface area contributed by atoms with Crippen molar-refractivity contribution in [3.8, 4) is 0 Å². The van der Waals surface area contributed by atoms with Crippen LogP contribution in [0.15, 0.2) is 12.2 Å². The van der Waals surface area contributed by atoms with Crippen molar-refractivity contribution >= 4 is 5.91 Å². The van der Waals surface area contributed by atoms with Gasteiger partial charge in [0.05, 0.1) is 0 Å². The van der Waals surface area contributed by atoms with Crippen molar-refractivity contribution in [3.63, 3.8) is 0 Å². The molecule has 0 radical (unpaired) electrons. The van der Waals surface area contributed by atoms with Crippen LogP contribution in [0.1, 0.15) is 25.7 Å². The van der Waals surface area contributed by atoms with Crippen LogP contribution in [0.5, 0.6) is 0 Å². The fourth-order valence-electron chi connectivity index (χ4n) is 1.53. The fraction of sp³-hybridized carbons (Fsp3) is 0.700. The predicted molar refractivity (Wildman–Crippen MR) is 51.1 cm³/mol. The maximum atomic E-state index is 10.3. The number of allylic oxidation sites excluding steroid dienone is 1. The van der Waals surface area contributed by atoms with E-state index in [0.29, 0.717) is 0 Å². The molecule has 1 aliphatic rings. The molecule has 0 bridgehead atoms. The molecule has 0 aliphatic carbocycles. The molecule has 13 heavy (non-hydrogen) atoms. The second-order valence-corrected chi connectivity index (χ2v) is 3.47. The topological polar surface area (TPSA) is 52.3 Å². The number of ether oxygens (including phenoxy) is 1. The molecular formula is C10H17NO2. The first-order valence-corrected chi connectivity index (χ1v) is 4.83. The molecule has 0 aromatic heterocycles. The van der Waals surface area contributed by atoms with E-state index in [-0.39, 0.29) is 5.91 Å². The number of rotatable bonds is 5. The third-order valence-corrected chi connectivity index (χ3v) is 2.29. The highest BCUT2D eigenvalue weighted by molar-refractivity contribution is 5.85. The van der Waals surface area contributed by atoms with Gasteiger partial charge in [-0.1, -0.05) is 6.08 Å². The molecule has 2 N–H and O–H groups in total. The minimum atomic E-state index is -0.357. The molecule has 3 nitrogen and oxygen atoms in total. The lowest BCUT2D eigenvalue weighted by molar-refractivity contribution is -0.113. The number of hydrogen-bond acceptors (Lipinski definition) is 2. The lowest BCUT2D eigenvalue weighted by Crippen LogP contribution is -2.05. The van der Waals surface area contributed by atoms with Crippen molar-refractivity contribution in [2.75, 3.05) is 13.2 Å². The molecule has 0 aromatic rings. The minimum Gasteiger partial charge on any atom is -0.381 e. The van der Waals surface area contributed by atoms with Crippen LogP contribution >= 0.6 is 0 Å². The second kappa shape index (κ2) is 5.75. The molecule has 0 spiro atoms. The summed E-state index contributed by atoms with van der Waals surface area (Å²) in [5.41, 5.74) is 4.95. The Morgan fingerprint density at radius 2 is 2.46 bits per heavy atom. The highest BCUT2D eigenvalue weighted by Crippen LogP contribution is 2.18. The van der Waals surface area contributed by atoms with Crippen LogP contribution in [0.2, 0.25) is 0 Å². The number of nitrogens with two attached hydrogens (primary N) is 1. The van der Waals surface area contributed by atoms with Gasteiger partial charge in [0.15, 0.2) is 0 Å². The number of amides is 1. The van der Waals surface area contributed by atoms with E-state index in [4.69, 9.17) is 10.5 Å². The largest absolute Gasteiger partial charge is 0.381 e. The SMILES string of the molecule is NC(=O)C=CCCCC1CCOC1. The lowest BCUT2D eigenvalue weighted by Gasteiger charge is -2.04. The van der Waals surface area contributed by atoms with Crippen LogP contribution in [0.3, 0.4) is 0 Å². The first-order chi connectivity index (χ1) is 6.29. The summed E-state index contributed by atoms with van der Waals surface area (Å²) in [5.74, 6) is 0.381. The summed E-state index contributed by atoms with van der Waals surface area (Å²) in [4.78, 5) is 10.3. The van der Waals surface area contributed by atoms with Crippen molar-refractivity contribution in [2.45, 2.75) is 25.7 Å². The Balaban J connectivity index is 1.97. The van der Waals surface area contributed by atoms with Gasteiger partial charge in [0.25, 0.3) is 0 Å². The van der Waals surface area contributed by atoms with Gasteiger partial charge in [0.2, 0.25) is 5.91 Å². The summed E-state index contributed by atoms with van der Waals surface area (Å²) in [6, 6.07) is 0. The monoisotopic (exact) mass is 183 g/mol. The zero-order valence-corrected chi connectivity index (χ0v) is 7.87. The summed E-state index contributed by atoms with van der Waals surface area (Å²) in [6.07, 6.45) is 7.74. The molecule has 0 saturated carbocycles. The number of carbonyl (C=O) groups excluding carboxylic acids is 1. The van der Waals surface area contributed by atoms with E-state index in [1.165, 1.54) is 18.9 Å². The van der Waals surface area contributed by atoms with Crippen molar-refractivity contribution in [1.29, 1.82) is 0 Å². The normalized spacial score (nSPS) is 22.6.